The van der Waals surface area contributed by atoms with Gasteiger partial charge in [0.05, 0.1) is 5.02 Å². The Kier molecular flexibility index (Phi) is 3.70. The van der Waals surface area contributed by atoms with Crippen LogP contribution in [-0.2, 0) is 0 Å². The quantitative estimate of drug-likeness (QED) is 0.885. The molecule has 20 heavy (non-hydrogen) atoms. The van der Waals surface area contributed by atoms with E-state index in [1.165, 1.54) is 0 Å². The normalized spacial score (nSPS) is 20.6. The van der Waals surface area contributed by atoms with Gasteiger partial charge in [-0.15, -0.1) is 0 Å². The molecule has 4 heteroatoms. The van der Waals surface area contributed by atoms with Crippen LogP contribution in [0.4, 0.5) is 0 Å². The van der Waals surface area contributed by atoms with E-state index >= 15 is 0 Å². The van der Waals surface area contributed by atoms with Crippen molar-refractivity contribution in [2.45, 2.75) is 12.2 Å². The van der Waals surface area contributed by atoms with E-state index in [1.54, 1.807) is 18.2 Å². The number of fused-ring (bicyclic) bond motifs is 1. The minimum absolute atomic E-state index is 0.465. The number of rotatable bonds is 2. The van der Waals surface area contributed by atoms with Crippen LogP contribution in [0, 0.1) is 0 Å². The Morgan fingerprint density at radius 3 is 2.70 bits per heavy atom. The van der Waals surface area contributed by atoms with Gasteiger partial charge in [0.15, 0.2) is 0 Å². The maximum atomic E-state index is 10.4. The van der Waals surface area contributed by atoms with Gasteiger partial charge < -0.3 is 9.84 Å². The summed E-state index contributed by atoms with van der Waals surface area (Å²) >= 11 is 12.0. The van der Waals surface area contributed by atoms with Crippen LogP contribution in [0.15, 0.2) is 48.5 Å². The van der Waals surface area contributed by atoms with Gasteiger partial charge in [0.2, 0.25) is 0 Å². The largest absolute Gasteiger partial charge is 0.482 e. The zero-order valence-corrected chi connectivity index (χ0v) is 12.0. The summed E-state index contributed by atoms with van der Waals surface area (Å²) in [6.45, 7) is 0. The molecule has 0 amide bonds. The molecule has 1 N–H and O–H groups in total. The van der Waals surface area contributed by atoms with Crippen LogP contribution in [-0.4, -0.2) is 11.2 Å². The van der Waals surface area contributed by atoms with E-state index in [4.69, 9.17) is 27.9 Å². The number of ether oxygens (including phenoxy) is 1. The smallest absolute Gasteiger partial charge is 0.147 e. The van der Waals surface area contributed by atoms with Crippen LogP contribution in [0.5, 0.6) is 5.75 Å². The van der Waals surface area contributed by atoms with Crippen LogP contribution >= 0.6 is 23.2 Å². The zero-order valence-electron chi connectivity index (χ0n) is 10.5. The number of benzene rings is 2. The summed E-state index contributed by atoms with van der Waals surface area (Å²) in [5, 5.41) is 11.4. The Morgan fingerprint density at radius 2 is 1.85 bits per heavy atom. The molecule has 0 heterocycles. The number of aliphatic hydroxyl groups is 1. The van der Waals surface area contributed by atoms with Crippen LogP contribution in [0.25, 0.3) is 6.08 Å². The highest BCUT2D eigenvalue weighted by molar-refractivity contribution is 6.34. The first kappa shape index (κ1) is 13.5. The van der Waals surface area contributed by atoms with Crippen molar-refractivity contribution in [3.63, 3.8) is 0 Å². The van der Waals surface area contributed by atoms with Crippen LogP contribution in [0.2, 0.25) is 10.0 Å². The molecule has 1 aliphatic rings. The van der Waals surface area contributed by atoms with Crippen molar-refractivity contribution in [3.05, 3.63) is 69.7 Å². The van der Waals surface area contributed by atoms with E-state index in [-0.39, 0.29) is 0 Å². The fourth-order valence-corrected chi connectivity index (χ4v) is 2.55. The first-order valence-electron chi connectivity index (χ1n) is 6.22. The van der Waals surface area contributed by atoms with Crippen molar-refractivity contribution in [1.82, 2.24) is 0 Å². The molecule has 0 aliphatic heterocycles. The summed E-state index contributed by atoms with van der Waals surface area (Å²) in [5.74, 6) is 0.465. The van der Waals surface area contributed by atoms with E-state index in [2.05, 4.69) is 0 Å². The Bertz CT molecular complexity index is 667. The molecule has 1 aliphatic carbocycles. The Morgan fingerprint density at radius 1 is 1.05 bits per heavy atom. The lowest BCUT2D eigenvalue weighted by Gasteiger charge is -2.26. The average molecular weight is 307 g/mol. The van der Waals surface area contributed by atoms with Crippen molar-refractivity contribution in [3.8, 4) is 5.75 Å². The van der Waals surface area contributed by atoms with E-state index in [0.717, 1.165) is 11.1 Å². The number of hydrogen-bond acceptors (Lipinski definition) is 2. The van der Waals surface area contributed by atoms with Crippen LogP contribution in [0.1, 0.15) is 17.2 Å². The van der Waals surface area contributed by atoms with E-state index in [9.17, 15) is 5.11 Å². The molecule has 0 aromatic heterocycles. The van der Waals surface area contributed by atoms with Gasteiger partial charge in [-0.2, -0.15) is 0 Å². The molecule has 0 unspecified atom stereocenters. The highest BCUT2D eigenvalue weighted by atomic mass is 35.5. The lowest BCUT2D eigenvalue weighted by molar-refractivity contribution is 0.0624. The summed E-state index contributed by atoms with van der Waals surface area (Å²) in [5.41, 5.74) is 1.84. The monoisotopic (exact) mass is 306 g/mol. The van der Waals surface area contributed by atoms with Gasteiger partial charge in [-0.25, -0.2) is 0 Å². The maximum Gasteiger partial charge on any atom is 0.147 e. The zero-order chi connectivity index (χ0) is 14.1. The summed E-state index contributed by atoms with van der Waals surface area (Å²) in [7, 11) is 0. The lowest BCUT2D eigenvalue weighted by atomic mass is 9.93. The second kappa shape index (κ2) is 5.49. The molecule has 3 rings (SSSR count). The van der Waals surface area contributed by atoms with Gasteiger partial charge in [0.25, 0.3) is 0 Å². The molecule has 2 atom stereocenters. The Hall–Kier alpha value is -1.48. The summed E-state index contributed by atoms with van der Waals surface area (Å²) < 4.78 is 5.78. The van der Waals surface area contributed by atoms with Gasteiger partial charge in [-0.1, -0.05) is 53.5 Å². The lowest BCUT2D eigenvalue weighted by Crippen LogP contribution is -2.26. The fourth-order valence-electron chi connectivity index (χ4n) is 2.23. The number of aliphatic hydroxyl groups excluding tert-OH is 1. The molecule has 2 nitrogen and oxygen atoms in total. The van der Waals surface area contributed by atoms with Crippen molar-refractivity contribution in [2.75, 3.05) is 0 Å². The van der Waals surface area contributed by atoms with Crippen molar-refractivity contribution in [1.29, 1.82) is 0 Å². The predicted octanol–water partition coefficient (Wildman–Crippen LogP) is 4.50. The van der Waals surface area contributed by atoms with Crippen molar-refractivity contribution < 1.29 is 9.84 Å². The predicted molar refractivity (Wildman–Crippen MR) is 81.3 cm³/mol. The summed E-state index contributed by atoms with van der Waals surface area (Å²) in [6, 6.07) is 12.7. The third-order valence-electron chi connectivity index (χ3n) is 3.25. The van der Waals surface area contributed by atoms with Gasteiger partial charge in [-0.05, 0) is 29.3 Å². The SMILES string of the molecule is O[C@H]1c2ccccc2C=C[C@@H]1Oc1cc(Cl)ccc1Cl. The number of hydrogen-bond donors (Lipinski definition) is 1. The number of halogens is 2. The molecular weight excluding hydrogens is 295 g/mol. The summed E-state index contributed by atoms with van der Waals surface area (Å²) in [4.78, 5) is 0. The van der Waals surface area contributed by atoms with Gasteiger partial charge >= 0.3 is 0 Å². The molecule has 0 saturated carbocycles. The highest BCUT2D eigenvalue weighted by Gasteiger charge is 2.26. The first-order valence-corrected chi connectivity index (χ1v) is 6.97. The minimum atomic E-state index is -0.730. The van der Waals surface area contributed by atoms with Gasteiger partial charge in [-0.3, -0.25) is 0 Å². The second-order valence-electron chi connectivity index (χ2n) is 4.59. The molecule has 102 valence electrons. The first-order chi connectivity index (χ1) is 9.65. The fraction of sp³-hybridized carbons (Fsp3) is 0.125. The van der Waals surface area contributed by atoms with Crippen LogP contribution in [0.3, 0.4) is 0 Å². The average Bonchev–Trinajstić information content (AvgIpc) is 2.46. The molecule has 0 saturated heterocycles. The Balaban J connectivity index is 1.88. The molecule has 0 radical (unpaired) electrons. The standard InChI is InChI=1S/C16H12Cl2O2/c17-11-6-7-13(18)15(9-11)20-14-8-5-10-3-1-2-4-12(10)16(14)19/h1-9,14,16,19H/t14-,16-/m0/s1. The minimum Gasteiger partial charge on any atom is -0.482 e. The van der Waals surface area contributed by atoms with Gasteiger partial charge in [0.1, 0.15) is 18.0 Å². The van der Waals surface area contributed by atoms with E-state index in [1.807, 2.05) is 36.4 Å². The van der Waals surface area contributed by atoms with E-state index < -0.39 is 12.2 Å². The van der Waals surface area contributed by atoms with Gasteiger partial charge in [0, 0.05) is 11.1 Å². The molecule has 2 aromatic carbocycles. The van der Waals surface area contributed by atoms with Crippen molar-refractivity contribution >= 4 is 29.3 Å². The second-order valence-corrected chi connectivity index (χ2v) is 5.43. The molecule has 0 fully saturated rings. The Labute approximate surface area is 127 Å². The molecular formula is C16H12Cl2O2. The summed E-state index contributed by atoms with van der Waals surface area (Å²) in [6.07, 6.45) is 2.54. The van der Waals surface area contributed by atoms with Crippen LogP contribution < -0.4 is 4.74 Å². The molecule has 0 spiro atoms. The van der Waals surface area contributed by atoms with Crippen molar-refractivity contribution in [2.24, 2.45) is 0 Å². The highest BCUT2D eigenvalue weighted by Crippen LogP contribution is 2.34. The third-order valence-corrected chi connectivity index (χ3v) is 3.79. The maximum absolute atomic E-state index is 10.4. The van der Waals surface area contributed by atoms with E-state index in [0.29, 0.717) is 15.8 Å². The third kappa shape index (κ3) is 2.55. The molecule has 0 bridgehead atoms. The molecule has 2 aromatic rings. The topological polar surface area (TPSA) is 29.5 Å².